The average molecular weight is 807 g/mol. The zero-order valence-electron chi connectivity index (χ0n) is 33.2. The summed E-state index contributed by atoms with van der Waals surface area (Å²) in [6, 6.07) is 22.9. The lowest BCUT2D eigenvalue weighted by Crippen LogP contribution is -2.14. The third-order valence-corrected chi connectivity index (χ3v) is 7.87. The summed E-state index contributed by atoms with van der Waals surface area (Å²) in [4.78, 5) is 68.6. The first-order chi connectivity index (χ1) is 28.1. The van der Waals surface area contributed by atoms with Crippen LogP contribution in [0.25, 0.3) is 32.9 Å². The number of esters is 5. The zero-order chi connectivity index (χ0) is 43.2. The fourth-order valence-corrected chi connectivity index (χ4v) is 4.86. The van der Waals surface area contributed by atoms with Crippen LogP contribution in [-0.2, 0) is 33.3 Å². The number of carbonyl (C=O) groups excluding carboxylic acids is 6. The first kappa shape index (κ1) is 44.2. The van der Waals surface area contributed by atoms with Gasteiger partial charge >= 0.3 is 29.8 Å². The number of ether oxygens (including phenoxy) is 5. The molecule has 0 atom stereocenters. The Morgan fingerprint density at radius 2 is 1.03 bits per heavy atom. The van der Waals surface area contributed by atoms with Crippen LogP contribution >= 0.6 is 0 Å². The SMILES string of the molecule is C=C(C)C(=O)OCCOC(=O)c1cc2ccccc2o1.C=C(C)C(=O)OCCOC(=O)c1oc2ccccc2c1C.C=C(C)C(=O)Oc1cccc2oc(C(C)=O)cc12. The first-order valence-electron chi connectivity index (χ1n) is 17.9. The summed E-state index contributed by atoms with van der Waals surface area (Å²) in [6.45, 7) is 18.2. The number of aryl methyl sites for hydroxylation is 1. The number of furan rings is 3. The van der Waals surface area contributed by atoms with Crippen molar-refractivity contribution in [2.75, 3.05) is 26.4 Å². The molecule has 3 aromatic carbocycles. The van der Waals surface area contributed by atoms with Crippen LogP contribution in [0, 0.1) is 6.92 Å². The monoisotopic (exact) mass is 806 g/mol. The lowest BCUT2D eigenvalue weighted by Gasteiger charge is -2.05. The molecular weight excluding hydrogens is 764 g/mol. The van der Waals surface area contributed by atoms with Crippen molar-refractivity contribution in [1.29, 1.82) is 0 Å². The zero-order valence-corrected chi connectivity index (χ0v) is 33.2. The topological polar surface area (TPSA) is 188 Å². The fraction of sp³-hybridized carbons (Fsp3) is 0.200. The van der Waals surface area contributed by atoms with E-state index in [1.165, 1.54) is 6.92 Å². The smallest absolute Gasteiger partial charge is 0.374 e. The van der Waals surface area contributed by atoms with Crippen LogP contribution in [0.15, 0.2) is 129 Å². The van der Waals surface area contributed by atoms with E-state index in [0.29, 0.717) is 44.6 Å². The largest absolute Gasteiger partial charge is 0.459 e. The third kappa shape index (κ3) is 12.3. The Bertz CT molecular complexity index is 2530. The normalized spacial score (nSPS) is 10.3. The van der Waals surface area contributed by atoms with Gasteiger partial charge in [-0.2, -0.15) is 0 Å². The minimum atomic E-state index is -0.590. The van der Waals surface area contributed by atoms with Crippen molar-refractivity contribution in [2.24, 2.45) is 0 Å². The van der Waals surface area contributed by atoms with Gasteiger partial charge in [0.2, 0.25) is 11.5 Å². The molecule has 0 fully saturated rings. The van der Waals surface area contributed by atoms with Gasteiger partial charge in [0.25, 0.3) is 0 Å². The molecule has 306 valence electrons. The number of para-hydroxylation sites is 2. The predicted molar refractivity (Wildman–Crippen MR) is 216 cm³/mol. The van der Waals surface area contributed by atoms with Gasteiger partial charge < -0.3 is 36.9 Å². The van der Waals surface area contributed by atoms with Gasteiger partial charge in [-0.3, -0.25) is 4.79 Å². The number of ketones is 1. The standard InChI is InChI=1S/C16H16O5.C15H14O5.C14H12O4/c1-10(2)15(17)19-8-9-20-16(18)14-11(3)12-6-4-5-7-13(12)21-14;1-10(2)14(16)18-7-8-19-15(17)13-9-11-5-3-4-6-12(11)20-13;1-8(2)14(16)18-12-6-4-5-11-10(12)7-13(17-11)9(3)15/h4-7H,1,8-9H2,2-3H3;3-6,9H,1,7-8H2,2H3;4-7H,1H2,2-3H3. The molecule has 0 spiro atoms. The molecule has 6 rings (SSSR count). The van der Waals surface area contributed by atoms with E-state index in [1.807, 2.05) is 36.4 Å². The lowest BCUT2D eigenvalue weighted by atomic mass is 10.1. The Morgan fingerprint density at radius 1 is 0.525 bits per heavy atom. The summed E-state index contributed by atoms with van der Waals surface area (Å²) >= 11 is 0. The maximum atomic E-state index is 11.9. The van der Waals surface area contributed by atoms with Gasteiger partial charge in [-0.05, 0) is 64.1 Å². The van der Waals surface area contributed by atoms with Gasteiger partial charge in [-0.1, -0.05) is 62.2 Å². The molecule has 6 aromatic rings. The summed E-state index contributed by atoms with van der Waals surface area (Å²) in [5.41, 5.74) is 3.40. The van der Waals surface area contributed by atoms with E-state index >= 15 is 0 Å². The van der Waals surface area contributed by atoms with Crippen LogP contribution in [0.3, 0.4) is 0 Å². The molecule has 0 aliphatic rings. The molecule has 0 saturated heterocycles. The predicted octanol–water partition coefficient (Wildman–Crippen LogP) is 8.84. The van der Waals surface area contributed by atoms with Gasteiger partial charge in [-0.25, -0.2) is 24.0 Å². The number of rotatable bonds is 13. The highest BCUT2D eigenvalue weighted by atomic mass is 16.6. The molecule has 14 heteroatoms. The van der Waals surface area contributed by atoms with Crippen LogP contribution in [-0.4, -0.2) is 62.1 Å². The maximum Gasteiger partial charge on any atom is 0.374 e. The average Bonchev–Trinajstić information content (AvgIpc) is 3.94. The molecule has 0 saturated carbocycles. The molecule has 0 amide bonds. The van der Waals surface area contributed by atoms with Gasteiger partial charge in [0, 0.05) is 40.0 Å². The second-order valence-electron chi connectivity index (χ2n) is 12.8. The van der Waals surface area contributed by atoms with Crippen LogP contribution < -0.4 is 4.74 Å². The Hall–Kier alpha value is -7.48. The molecular formula is C45H42O14. The van der Waals surface area contributed by atoms with Crippen molar-refractivity contribution in [1.82, 2.24) is 0 Å². The first-order valence-corrected chi connectivity index (χ1v) is 17.9. The molecule has 3 aromatic heterocycles. The van der Waals surface area contributed by atoms with Gasteiger partial charge in [0.05, 0.1) is 5.39 Å². The molecule has 14 nitrogen and oxygen atoms in total. The van der Waals surface area contributed by atoms with Crippen molar-refractivity contribution < 1.29 is 65.7 Å². The minimum absolute atomic E-state index is 0.0162. The Balaban J connectivity index is 0.000000196. The number of Topliss-reactive ketones (excluding diaryl/α,β-unsaturated/α-hetero) is 1. The fourth-order valence-electron chi connectivity index (χ4n) is 4.86. The summed E-state index contributed by atoms with van der Waals surface area (Å²) in [6.07, 6.45) is 0. The molecule has 0 bridgehead atoms. The van der Waals surface area contributed by atoms with E-state index in [0.717, 1.165) is 16.3 Å². The highest BCUT2D eigenvalue weighted by Crippen LogP contribution is 2.29. The number of fused-ring (bicyclic) bond motifs is 3. The van der Waals surface area contributed by atoms with Crippen LogP contribution in [0.5, 0.6) is 5.75 Å². The maximum absolute atomic E-state index is 11.9. The molecule has 0 unspecified atom stereocenters. The number of benzene rings is 3. The Kier molecular flexibility index (Phi) is 15.5. The van der Waals surface area contributed by atoms with E-state index in [9.17, 15) is 28.8 Å². The van der Waals surface area contributed by atoms with Crippen LogP contribution in [0.1, 0.15) is 64.9 Å². The van der Waals surface area contributed by atoms with Gasteiger partial charge in [-0.15, -0.1) is 0 Å². The highest BCUT2D eigenvalue weighted by molar-refractivity contribution is 5.99. The van der Waals surface area contributed by atoms with Crippen LogP contribution in [0.4, 0.5) is 0 Å². The quantitative estimate of drug-likeness (QED) is 0.0269. The van der Waals surface area contributed by atoms with Crippen molar-refractivity contribution in [3.8, 4) is 5.75 Å². The van der Waals surface area contributed by atoms with Crippen LogP contribution in [0.2, 0.25) is 0 Å². The lowest BCUT2D eigenvalue weighted by molar-refractivity contribution is -0.140. The summed E-state index contributed by atoms with van der Waals surface area (Å²) in [7, 11) is 0. The minimum Gasteiger partial charge on any atom is -0.459 e. The molecule has 0 aliphatic carbocycles. The molecule has 3 heterocycles. The molecule has 0 N–H and O–H groups in total. The molecule has 59 heavy (non-hydrogen) atoms. The number of hydrogen-bond acceptors (Lipinski definition) is 14. The van der Waals surface area contributed by atoms with Crippen molar-refractivity contribution in [3.05, 3.63) is 138 Å². The number of carbonyl (C=O) groups is 6. The summed E-state index contributed by atoms with van der Waals surface area (Å²) < 4.78 is 41.0. The second kappa shape index (κ2) is 20.6. The van der Waals surface area contributed by atoms with E-state index in [4.69, 9.17) is 36.9 Å². The third-order valence-electron chi connectivity index (χ3n) is 7.87. The summed E-state index contributed by atoms with van der Waals surface area (Å²) in [5.74, 6) is -1.98. The summed E-state index contributed by atoms with van der Waals surface area (Å²) in [5, 5.41) is 2.30. The van der Waals surface area contributed by atoms with E-state index in [1.54, 1.807) is 70.2 Å². The van der Waals surface area contributed by atoms with E-state index < -0.39 is 29.8 Å². The molecule has 0 radical (unpaired) electrons. The van der Waals surface area contributed by atoms with Crippen molar-refractivity contribution in [2.45, 2.75) is 34.6 Å². The van der Waals surface area contributed by atoms with Crippen molar-refractivity contribution >= 4 is 68.5 Å². The number of hydrogen-bond donors (Lipinski definition) is 0. The van der Waals surface area contributed by atoms with Crippen molar-refractivity contribution in [3.63, 3.8) is 0 Å². The van der Waals surface area contributed by atoms with E-state index in [2.05, 4.69) is 19.7 Å². The second-order valence-corrected chi connectivity index (χ2v) is 12.8. The van der Waals surface area contributed by atoms with Gasteiger partial charge in [0.1, 0.15) is 48.9 Å². The Morgan fingerprint density at radius 3 is 1.61 bits per heavy atom. The highest BCUT2D eigenvalue weighted by Gasteiger charge is 2.19. The van der Waals surface area contributed by atoms with E-state index in [-0.39, 0.29) is 49.5 Å². The Labute approximate surface area is 338 Å². The van der Waals surface area contributed by atoms with Gasteiger partial charge in [0.15, 0.2) is 11.5 Å². The molecule has 0 aliphatic heterocycles.